The first kappa shape index (κ1) is 15.7. The molecule has 2 heterocycles. The maximum atomic E-state index is 6.04. The van der Waals surface area contributed by atoms with Crippen molar-refractivity contribution in [1.82, 2.24) is 9.78 Å². The number of aromatic nitrogens is 2. The van der Waals surface area contributed by atoms with Crippen molar-refractivity contribution in [3.63, 3.8) is 0 Å². The molecular weight excluding hydrogens is 386 g/mol. The maximum Gasteiger partial charge on any atom is 0.133 e. The lowest BCUT2D eigenvalue weighted by molar-refractivity contribution is 0.780. The highest BCUT2D eigenvalue weighted by Gasteiger charge is 2.21. The molecule has 0 unspecified atom stereocenters. The first-order valence-electron chi connectivity index (χ1n) is 8.10. The van der Waals surface area contributed by atoms with Crippen LogP contribution in [-0.4, -0.2) is 16.3 Å². The quantitative estimate of drug-likeness (QED) is 0.595. The van der Waals surface area contributed by atoms with Crippen LogP contribution in [0.1, 0.15) is 18.4 Å². The Morgan fingerprint density at radius 2 is 1.92 bits per heavy atom. The predicted molar refractivity (Wildman–Crippen MR) is 103 cm³/mol. The zero-order valence-corrected chi connectivity index (χ0v) is 15.4. The molecule has 4 rings (SSSR count). The monoisotopic (exact) mass is 401 g/mol. The molecule has 122 valence electrons. The summed E-state index contributed by atoms with van der Waals surface area (Å²) in [6.45, 7) is 0.976. The SMILES string of the molecule is Clc1ccc(-n2nc(-c3cccc(Br)c3)c3c2NCCCC3)cc1. The molecule has 0 atom stereocenters. The second kappa shape index (κ2) is 6.61. The van der Waals surface area contributed by atoms with Gasteiger partial charge in [0.25, 0.3) is 0 Å². The Kier molecular flexibility index (Phi) is 4.33. The van der Waals surface area contributed by atoms with Crippen molar-refractivity contribution in [2.75, 3.05) is 11.9 Å². The van der Waals surface area contributed by atoms with Crippen LogP contribution in [0.4, 0.5) is 5.82 Å². The molecule has 0 amide bonds. The van der Waals surface area contributed by atoms with Gasteiger partial charge in [-0.3, -0.25) is 0 Å². The van der Waals surface area contributed by atoms with Crippen molar-refractivity contribution in [2.24, 2.45) is 0 Å². The third-order valence-corrected chi connectivity index (χ3v) is 5.04. The number of nitrogens with one attached hydrogen (secondary N) is 1. The summed E-state index contributed by atoms with van der Waals surface area (Å²) in [7, 11) is 0. The van der Waals surface area contributed by atoms with E-state index in [0.717, 1.165) is 45.2 Å². The first-order valence-corrected chi connectivity index (χ1v) is 9.27. The van der Waals surface area contributed by atoms with Crippen molar-refractivity contribution in [3.8, 4) is 16.9 Å². The van der Waals surface area contributed by atoms with E-state index < -0.39 is 0 Å². The highest BCUT2D eigenvalue weighted by molar-refractivity contribution is 9.10. The Balaban J connectivity index is 1.90. The van der Waals surface area contributed by atoms with E-state index in [0.29, 0.717) is 0 Å². The molecule has 0 spiro atoms. The summed E-state index contributed by atoms with van der Waals surface area (Å²) in [6.07, 6.45) is 3.39. The molecule has 1 N–H and O–H groups in total. The average Bonchev–Trinajstić information content (AvgIpc) is 2.77. The van der Waals surface area contributed by atoms with Gasteiger partial charge in [0.05, 0.1) is 11.4 Å². The van der Waals surface area contributed by atoms with Crippen LogP contribution in [-0.2, 0) is 6.42 Å². The number of halogens is 2. The van der Waals surface area contributed by atoms with Crippen LogP contribution in [0.5, 0.6) is 0 Å². The molecule has 3 nitrogen and oxygen atoms in total. The number of benzene rings is 2. The van der Waals surface area contributed by atoms with Crippen LogP contribution < -0.4 is 5.32 Å². The fourth-order valence-electron chi connectivity index (χ4n) is 3.14. The third-order valence-electron chi connectivity index (χ3n) is 4.30. The molecule has 0 radical (unpaired) electrons. The summed E-state index contributed by atoms with van der Waals surface area (Å²) in [5, 5.41) is 9.24. The Hall–Kier alpha value is -1.78. The molecule has 2 aromatic carbocycles. The van der Waals surface area contributed by atoms with Crippen LogP contribution in [0.25, 0.3) is 16.9 Å². The van der Waals surface area contributed by atoms with Gasteiger partial charge in [0, 0.05) is 27.2 Å². The lowest BCUT2D eigenvalue weighted by Gasteiger charge is -2.09. The average molecular weight is 403 g/mol. The third kappa shape index (κ3) is 2.96. The Morgan fingerprint density at radius 1 is 1.08 bits per heavy atom. The summed E-state index contributed by atoms with van der Waals surface area (Å²) < 4.78 is 3.07. The van der Waals surface area contributed by atoms with Gasteiger partial charge in [-0.05, 0) is 55.7 Å². The van der Waals surface area contributed by atoms with Crippen molar-refractivity contribution in [1.29, 1.82) is 0 Å². The van der Waals surface area contributed by atoms with Gasteiger partial charge in [-0.2, -0.15) is 5.10 Å². The highest BCUT2D eigenvalue weighted by Crippen LogP contribution is 2.34. The van der Waals surface area contributed by atoms with Gasteiger partial charge in [-0.25, -0.2) is 4.68 Å². The van der Waals surface area contributed by atoms with E-state index in [2.05, 4.69) is 39.4 Å². The molecule has 1 aliphatic rings. The lowest BCUT2D eigenvalue weighted by atomic mass is 10.0. The van der Waals surface area contributed by atoms with Gasteiger partial charge in [0.1, 0.15) is 5.82 Å². The van der Waals surface area contributed by atoms with Crippen LogP contribution in [0.15, 0.2) is 53.0 Å². The maximum absolute atomic E-state index is 6.04. The van der Waals surface area contributed by atoms with Gasteiger partial charge in [0.15, 0.2) is 0 Å². The van der Waals surface area contributed by atoms with Gasteiger partial charge in [-0.15, -0.1) is 0 Å². The number of hydrogen-bond donors (Lipinski definition) is 1. The fourth-order valence-corrected chi connectivity index (χ4v) is 3.66. The van der Waals surface area contributed by atoms with Crippen LogP contribution in [0.2, 0.25) is 5.02 Å². The van der Waals surface area contributed by atoms with Gasteiger partial charge >= 0.3 is 0 Å². The number of hydrogen-bond acceptors (Lipinski definition) is 2. The molecular formula is C19H17BrClN3. The zero-order valence-electron chi connectivity index (χ0n) is 13.1. The van der Waals surface area contributed by atoms with Crippen LogP contribution in [0.3, 0.4) is 0 Å². The first-order chi connectivity index (χ1) is 11.7. The normalized spacial score (nSPS) is 13.9. The van der Waals surface area contributed by atoms with E-state index >= 15 is 0 Å². The second-order valence-corrected chi connectivity index (χ2v) is 7.31. The van der Waals surface area contributed by atoms with Crippen molar-refractivity contribution < 1.29 is 0 Å². The molecule has 5 heteroatoms. The molecule has 3 aromatic rings. The summed E-state index contributed by atoms with van der Waals surface area (Å²) in [4.78, 5) is 0. The number of rotatable bonds is 2. The number of nitrogens with zero attached hydrogens (tertiary/aromatic N) is 2. The summed E-state index contributed by atoms with van der Waals surface area (Å²) in [5.41, 5.74) is 4.50. The van der Waals surface area contributed by atoms with Crippen molar-refractivity contribution >= 4 is 33.3 Å². The fraction of sp³-hybridized carbons (Fsp3) is 0.211. The molecule has 0 bridgehead atoms. The molecule has 0 aliphatic carbocycles. The summed E-state index contributed by atoms with van der Waals surface area (Å²) >= 11 is 9.60. The topological polar surface area (TPSA) is 29.9 Å². The summed E-state index contributed by atoms with van der Waals surface area (Å²) in [5.74, 6) is 1.10. The molecule has 0 saturated carbocycles. The van der Waals surface area contributed by atoms with E-state index in [1.807, 2.05) is 35.0 Å². The second-order valence-electron chi connectivity index (χ2n) is 5.96. The molecule has 1 aromatic heterocycles. The molecule has 0 saturated heterocycles. The molecule has 0 fully saturated rings. The predicted octanol–water partition coefficient (Wildman–Crippen LogP) is 5.70. The number of fused-ring (bicyclic) bond motifs is 1. The van der Waals surface area contributed by atoms with Crippen LogP contribution >= 0.6 is 27.5 Å². The smallest absolute Gasteiger partial charge is 0.133 e. The van der Waals surface area contributed by atoms with Crippen LogP contribution in [0, 0.1) is 0 Å². The standard InChI is InChI=1S/C19H17BrClN3/c20-14-5-3-4-13(12-14)18-17-6-1-2-11-22-19(17)24(23-18)16-9-7-15(21)8-10-16/h3-5,7-10,12,22H,1-2,6,11H2. The van der Waals surface area contributed by atoms with E-state index in [1.54, 1.807) is 0 Å². The minimum atomic E-state index is 0.733. The minimum Gasteiger partial charge on any atom is -0.370 e. The van der Waals surface area contributed by atoms with E-state index in [1.165, 1.54) is 18.4 Å². The Bertz CT molecular complexity index is 871. The highest BCUT2D eigenvalue weighted by atomic mass is 79.9. The molecule has 1 aliphatic heterocycles. The number of anilines is 1. The van der Waals surface area contributed by atoms with Gasteiger partial charge in [0.2, 0.25) is 0 Å². The van der Waals surface area contributed by atoms with E-state index in [4.69, 9.17) is 16.7 Å². The minimum absolute atomic E-state index is 0.733. The zero-order chi connectivity index (χ0) is 16.5. The largest absolute Gasteiger partial charge is 0.370 e. The summed E-state index contributed by atoms with van der Waals surface area (Å²) in [6, 6.07) is 16.2. The lowest BCUT2D eigenvalue weighted by Crippen LogP contribution is -2.07. The Morgan fingerprint density at radius 3 is 2.71 bits per heavy atom. The molecule has 24 heavy (non-hydrogen) atoms. The van der Waals surface area contributed by atoms with Crippen molar-refractivity contribution in [3.05, 3.63) is 63.6 Å². The Labute approximate surface area is 154 Å². The van der Waals surface area contributed by atoms with Crippen molar-refractivity contribution in [2.45, 2.75) is 19.3 Å². The van der Waals surface area contributed by atoms with E-state index in [-0.39, 0.29) is 0 Å². The van der Waals surface area contributed by atoms with Gasteiger partial charge < -0.3 is 5.32 Å². The van der Waals surface area contributed by atoms with E-state index in [9.17, 15) is 0 Å². The van der Waals surface area contributed by atoms with Gasteiger partial charge in [-0.1, -0.05) is 39.7 Å².